The molecule has 0 bridgehead atoms. The SMILES string of the molecule is [O-][n+]1cc2ccccc2[te]1. The molecule has 0 spiro atoms. The Morgan fingerprint density at radius 3 is 2.90 bits per heavy atom. The van der Waals surface area contributed by atoms with Crippen LogP contribution in [0, 0.1) is 5.21 Å². The quantitative estimate of drug-likeness (QED) is 0.492. The summed E-state index contributed by atoms with van der Waals surface area (Å²) in [5, 5.41) is 11.9. The average Bonchev–Trinajstić information content (AvgIpc) is 2.27. The third-order valence-corrected chi connectivity index (χ3v) is 3.79. The van der Waals surface area contributed by atoms with Crippen LogP contribution < -0.4 is 2.95 Å². The van der Waals surface area contributed by atoms with E-state index in [0.717, 1.165) is 8.34 Å². The van der Waals surface area contributed by atoms with Crippen LogP contribution in [0.4, 0.5) is 0 Å². The first-order valence-electron chi connectivity index (χ1n) is 2.94. The van der Waals surface area contributed by atoms with Gasteiger partial charge in [0.2, 0.25) is 0 Å². The maximum atomic E-state index is 10.8. The first kappa shape index (κ1) is 6.21. The summed E-state index contributed by atoms with van der Waals surface area (Å²) in [4.78, 5) is 0. The van der Waals surface area contributed by atoms with Crippen molar-refractivity contribution < 1.29 is 2.95 Å². The molecule has 1 heterocycles. The van der Waals surface area contributed by atoms with Crippen molar-refractivity contribution in [1.29, 1.82) is 0 Å². The van der Waals surface area contributed by atoms with Crippen LogP contribution in [-0.4, -0.2) is 20.7 Å². The van der Waals surface area contributed by atoms with E-state index in [1.54, 1.807) is 6.20 Å². The Hall–Kier alpha value is -0.520. The summed E-state index contributed by atoms with van der Waals surface area (Å²) >= 11 is -0.587. The maximum absolute atomic E-state index is 10.8. The molecule has 1 aromatic heterocycles. The van der Waals surface area contributed by atoms with Gasteiger partial charge in [-0.15, -0.1) is 0 Å². The van der Waals surface area contributed by atoms with Crippen molar-refractivity contribution in [3.05, 3.63) is 35.7 Å². The van der Waals surface area contributed by atoms with Crippen molar-refractivity contribution >= 4 is 29.5 Å². The van der Waals surface area contributed by atoms with E-state index in [1.807, 2.05) is 24.3 Å². The summed E-state index contributed by atoms with van der Waals surface area (Å²) in [5.74, 6) is 0. The standard InChI is InChI=1S/C7H5NOTe/c9-8-5-6-3-1-2-4-7(6)10-8/h1-5H. The number of aromatic nitrogens is 1. The van der Waals surface area contributed by atoms with Crippen LogP contribution in [0.15, 0.2) is 30.5 Å². The van der Waals surface area contributed by atoms with Crippen molar-refractivity contribution in [3.63, 3.8) is 0 Å². The minimum absolute atomic E-state index is 0.587. The van der Waals surface area contributed by atoms with Gasteiger partial charge in [-0.05, 0) is 0 Å². The van der Waals surface area contributed by atoms with Gasteiger partial charge < -0.3 is 0 Å². The third kappa shape index (κ3) is 0.920. The van der Waals surface area contributed by atoms with Crippen molar-refractivity contribution in [2.24, 2.45) is 0 Å². The summed E-state index contributed by atoms with van der Waals surface area (Å²) in [6.07, 6.45) is 1.68. The molecule has 0 fully saturated rings. The van der Waals surface area contributed by atoms with Crippen molar-refractivity contribution in [2.75, 3.05) is 0 Å². The van der Waals surface area contributed by atoms with Gasteiger partial charge >= 0.3 is 68.1 Å². The van der Waals surface area contributed by atoms with Gasteiger partial charge in [-0.2, -0.15) is 0 Å². The molecule has 0 saturated carbocycles. The topological polar surface area (TPSA) is 26.9 Å². The number of rotatable bonds is 0. The number of nitrogens with zero attached hydrogens (tertiary/aromatic N) is 1. The second-order valence-corrected chi connectivity index (χ2v) is 4.85. The molecule has 0 aliphatic rings. The second-order valence-electron chi connectivity index (χ2n) is 2.04. The average molecular weight is 247 g/mol. The second kappa shape index (κ2) is 2.26. The van der Waals surface area contributed by atoms with Crippen molar-refractivity contribution in [3.8, 4) is 0 Å². The Labute approximate surface area is 68.3 Å². The molecule has 50 valence electrons. The molecule has 0 N–H and O–H groups in total. The van der Waals surface area contributed by atoms with E-state index in [9.17, 15) is 5.21 Å². The Kier molecular flexibility index (Phi) is 1.40. The zero-order chi connectivity index (χ0) is 6.97. The van der Waals surface area contributed by atoms with Crippen LogP contribution >= 0.6 is 0 Å². The fourth-order valence-electron chi connectivity index (χ4n) is 0.907. The zero-order valence-electron chi connectivity index (χ0n) is 5.15. The number of benzene rings is 1. The van der Waals surface area contributed by atoms with E-state index in [2.05, 4.69) is 0 Å². The van der Waals surface area contributed by atoms with Crippen LogP contribution in [0.25, 0.3) is 8.79 Å². The number of hydrogen-bond acceptors (Lipinski definition) is 1. The molecule has 3 heteroatoms. The van der Waals surface area contributed by atoms with Gasteiger partial charge in [-0.25, -0.2) is 0 Å². The molecule has 2 aromatic rings. The first-order valence-corrected chi connectivity index (χ1v) is 5.15. The molecule has 0 aliphatic heterocycles. The van der Waals surface area contributed by atoms with Gasteiger partial charge in [0.05, 0.1) is 0 Å². The molecule has 2 rings (SSSR count). The molecule has 0 radical (unpaired) electrons. The summed E-state index contributed by atoms with van der Waals surface area (Å²) in [7, 11) is 0. The van der Waals surface area contributed by atoms with Gasteiger partial charge in [0.1, 0.15) is 0 Å². The van der Waals surface area contributed by atoms with Crippen molar-refractivity contribution in [1.82, 2.24) is 0 Å². The van der Waals surface area contributed by atoms with Crippen LogP contribution in [-0.2, 0) is 0 Å². The molecule has 2 nitrogen and oxygen atoms in total. The Balaban J connectivity index is 2.88. The first-order chi connectivity index (χ1) is 4.86. The fraction of sp³-hybridized carbons (Fsp3) is 0. The minimum atomic E-state index is -0.587. The van der Waals surface area contributed by atoms with E-state index < -0.39 is 20.7 Å². The number of hydrogen-bond donors (Lipinski definition) is 0. The van der Waals surface area contributed by atoms with E-state index >= 15 is 0 Å². The molecule has 0 atom stereocenters. The molecule has 10 heavy (non-hydrogen) atoms. The zero-order valence-corrected chi connectivity index (χ0v) is 7.48. The fourth-order valence-corrected chi connectivity index (χ4v) is 2.98. The van der Waals surface area contributed by atoms with Crippen LogP contribution in [0.3, 0.4) is 0 Å². The molecule has 0 saturated heterocycles. The normalized spacial score (nSPS) is 10.4. The third-order valence-electron chi connectivity index (χ3n) is 1.35. The molecule has 0 amide bonds. The van der Waals surface area contributed by atoms with Gasteiger partial charge in [-0.3, -0.25) is 0 Å². The predicted octanol–water partition coefficient (Wildman–Crippen LogP) is 0.530. The summed E-state index contributed by atoms with van der Waals surface area (Å²) in [6.45, 7) is 0. The Morgan fingerprint density at radius 2 is 2.10 bits per heavy atom. The Bertz CT molecular complexity index is 322. The summed E-state index contributed by atoms with van der Waals surface area (Å²) in [5.41, 5.74) is 0. The molecule has 0 aliphatic carbocycles. The van der Waals surface area contributed by atoms with Gasteiger partial charge in [-0.1, -0.05) is 0 Å². The molecule has 0 unspecified atom stereocenters. The van der Waals surface area contributed by atoms with E-state index in [1.165, 1.54) is 3.40 Å². The molecule has 1 aromatic carbocycles. The summed E-state index contributed by atoms with van der Waals surface area (Å²) < 4.78 is 2.33. The van der Waals surface area contributed by atoms with Gasteiger partial charge in [0, 0.05) is 0 Å². The van der Waals surface area contributed by atoms with E-state index in [0.29, 0.717) is 0 Å². The van der Waals surface area contributed by atoms with Crippen LogP contribution in [0.5, 0.6) is 0 Å². The van der Waals surface area contributed by atoms with Crippen LogP contribution in [0.1, 0.15) is 0 Å². The predicted molar refractivity (Wildman–Crippen MR) is 39.8 cm³/mol. The Morgan fingerprint density at radius 1 is 1.30 bits per heavy atom. The summed E-state index contributed by atoms with van der Waals surface area (Å²) in [6, 6.07) is 7.96. The van der Waals surface area contributed by atoms with Crippen molar-refractivity contribution in [2.45, 2.75) is 0 Å². The van der Waals surface area contributed by atoms with E-state index in [-0.39, 0.29) is 0 Å². The van der Waals surface area contributed by atoms with Crippen LogP contribution in [0.2, 0.25) is 0 Å². The van der Waals surface area contributed by atoms with Gasteiger partial charge in [0.25, 0.3) is 0 Å². The monoisotopic (exact) mass is 249 g/mol. The molecular formula is C7H5NOTe. The van der Waals surface area contributed by atoms with Gasteiger partial charge in [0.15, 0.2) is 0 Å². The van der Waals surface area contributed by atoms with E-state index in [4.69, 9.17) is 0 Å². The number of fused-ring (bicyclic) bond motifs is 1. The molecular weight excluding hydrogens is 242 g/mol.